The second-order valence-electron chi connectivity index (χ2n) is 4.32. The number of aryl methyl sites for hydroxylation is 2. The van der Waals surface area contributed by atoms with E-state index in [4.69, 9.17) is 17.3 Å². The summed E-state index contributed by atoms with van der Waals surface area (Å²) in [6.07, 6.45) is 0. The van der Waals surface area contributed by atoms with Crippen LogP contribution in [0.3, 0.4) is 0 Å². The molecule has 4 N–H and O–H groups in total. The van der Waals surface area contributed by atoms with Crippen LogP contribution < -0.4 is 11.1 Å². The van der Waals surface area contributed by atoms with E-state index in [2.05, 4.69) is 15.5 Å². The average Bonchev–Trinajstić information content (AvgIpc) is 2.68. The smallest absolute Gasteiger partial charge is 0.259 e. The Bertz CT molecular complexity index is 674. The molecule has 2 amide bonds. The highest BCUT2D eigenvalue weighted by atomic mass is 35.5. The molecule has 0 unspecified atom stereocenters. The van der Waals surface area contributed by atoms with Crippen LogP contribution in [0.25, 0.3) is 0 Å². The van der Waals surface area contributed by atoms with Gasteiger partial charge in [0.1, 0.15) is 0 Å². The number of carbonyl (C=O) groups excluding carboxylic acids is 2. The van der Waals surface area contributed by atoms with Crippen molar-refractivity contribution in [3.8, 4) is 0 Å². The van der Waals surface area contributed by atoms with Crippen LogP contribution >= 0.6 is 11.6 Å². The van der Waals surface area contributed by atoms with Crippen molar-refractivity contribution in [2.45, 2.75) is 13.8 Å². The first kappa shape index (κ1) is 14.1. The van der Waals surface area contributed by atoms with Gasteiger partial charge in [-0.1, -0.05) is 11.6 Å². The van der Waals surface area contributed by atoms with E-state index in [9.17, 15) is 9.59 Å². The van der Waals surface area contributed by atoms with Crippen LogP contribution in [0.2, 0.25) is 5.02 Å². The van der Waals surface area contributed by atoms with Crippen LogP contribution in [0, 0.1) is 13.8 Å². The predicted octanol–water partition coefficient (Wildman–Crippen LogP) is 2.03. The van der Waals surface area contributed by atoms with Gasteiger partial charge in [-0.3, -0.25) is 14.7 Å². The summed E-state index contributed by atoms with van der Waals surface area (Å²) in [5, 5.41) is 9.59. The maximum absolute atomic E-state index is 12.1. The number of hydrogen-bond acceptors (Lipinski definition) is 3. The molecule has 0 aliphatic heterocycles. The maximum atomic E-state index is 12.1. The number of rotatable bonds is 3. The Labute approximate surface area is 120 Å². The normalized spacial score (nSPS) is 10.3. The third kappa shape index (κ3) is 2.65. The zero-order valence-corrected chi connectivity index (χ0v) is 11.7. The van der Waals surface area contributed by atoms with E-state index in [1.165, 1.54) is 12.1 Å². The Kier molecular flexibility index (Phi) is 3.76. The topological polar surface area (TPSA) is 101 Å². The Hall–Kier alpha value is -2.34. The molecule has 2 rings (SSSR count). The number of anilines is 1. The second-order valence-corrected chi connectivity index (χ2v) is 4.73. The van der Waals surface area contributed by atoms with Crippen molar-refractivity contribution >= 4 is 29.1 Å². The number of nitrogens with one attached hydrogen (secondary N) is 2. The van der Waals surface area contributed by atoms with E-state index in [0.29, 0.717) is 22.6 Å². The molecule has 0 atom stereocenters. The van der Waals surface area contributed by atoms with Crippen LogP contribution in [-0.2, 0) is 0 Å². The Morgan fingerprint density at radius 2 is 2.05 bits per heavy atom. The SMILES string of the molecule is Cc1n[nH]c(C)c1C(=O)Nc1ccc(C(N)=O)c(Cl)c1. The molecule has 0 saturated carbocycles. The van der Waals surface area contributed by atoms with Gasteiger partial charge in [0, 0.05) is 11.4 Å². The van der Waals surface area contributed by atoms with E-state index in [-0.39, 0.29) is 16.5 Å². The first-order valence-electron chi connectivity index (χ1n) is 5.82. The molecule has 0 saturated heterocycles. The minimum Gasteiger partial charge on any atom is -0.366 e. The summed E-state index contributed by atoms with van der Waals surface area (Å²) in [5.74, 6) is -0.911. The number of benzene rings is 1. The molecule has 1 aromatic carbocycles. The highest BCUT2D eigenvalue weighted by Gasteiger charge is 2.16. The maximum Gasteiger partial charge on any atom is 0.259 e. The summed E-state index contributed by atoms with van der Waals surface area (Å²) >= 11 is 5.92. The predicted molar refractivity (Wildman–Crippen MR) is 76.0 cm³/mol. The molecule has 20 heavy (non-hydrogen) atoms. The van der Waals surface area contributed by atoms with Gasteiger partial charge in [0.25, 0.3) is 5.91 Å². The third-order valence-corrected chi connectivity index (χ3v) is 3.16. The second kappa shape index (κ2) is 5.34. The van der Waals surface area contributed by atoms with Crippen molar-refractivity contribution in [3.63, 3.8) is 0 Å². The van der Waals surface area contributed by atoms with Gasteiger partial charge in [0.2, 0.25) is 5.91 Å². The summed E-state index contributed by atoms with van der Waals surface area (Å²) < 4.78 is 0. The fourth-order valence-electron chi connectivity index (χ4n) is 1.87. The number of aromatic nitrogens is 2. The molecule has 0 bridgehead atoms. The van der Waals surface area contributed by atoms with Crippen LogP contribution in [0.15, 0.2) is 18.2 Å². The highest BCUT2D eigenvalue weighted by molar-refractivity contribution is 6.34. The monoisotopic (exact) mass is 292 g/mol. The van der Waals surface area contributed by atoms with Crippen molar-refractivity contribution < 1.29 is 9.59 Å². The van der Waals surface area contributed by atoms with Crippen LogP contribution in [-0.4, -0.2) is 22.0 Å². The fraction of sp³-hybridized carbons (Fsp3) is 0.154. The molecule has 6 nitrogen and oxygen atoms in total. The molecule has 1 aromatic heterocycles. The average molecular weight is 293 g/mol. The number of nitrogens with zero attached hydrogens (tertiary/aromatic N) is 1. The van der Waals surface area contributed by atoms with Crippen LogP contribution in [0.1, 0.15) is 32.1 Å². The fourth-order valence-corrected chi connectivity index (χ4v) is 2.15. The van der Waals surface area contributed by atoms with E-state index < -0.39 is 5.91 Å². The zero-order valence-electron chi connectivity index (χ0n) is 11.0. The minimum absolute atomic E-state index is 0.191. The lowest BCUT2D eigenvalue weighted by molar-refractivity contribution is 0.0998. The quantitative estimate of drug-likeness (QED) is 0.806. The number of aromatic amines is 1. The van der Waals surface area contributed by atoms with Crippen molar-refractivity contribution in [2.75, 3.05) is 5.32 Å². The summed E-state index contributed by atoms with van der Waals surface area (Å²) in [6.45, 7) is 3.50. The lowest BCUT2D eigenvalue weighted by Gasteiger charge is -2.07. The number of H-pyrrole nitrogens is 1. The molecule has 1 heterocycles. The molecule has 0 fully saturated rings. The number of amides is 2. The molecular formula is C13H13ClN4O2. The summed E-state index contributed by atoms with van der Waals surface area (Å²) in [7, 11) is 0. The molecule has 7 heteroatoms. The largest absolute Gasteiger partial charge is 0.366 e. The number of hydrogen-bond donors (Lipinski definition) is 3. The molecule has 0 aliphatic carbocycles. The van der Waals surface area contributed by atoms with E-state index in [1.54, 1.807) is 19.9 Å². The molecule has 0 radical (unpaired) electrons. The zero-order chi connectivity index (χ0) is 14.9. The van der Waals surface area contributed by atoms with Gasteiger partial charge in [0.05, 0.1) is 21.8 Å². The van der Waals surface area contributed by atoms with Crippen molar-refractivity contribution in [1.82, 2.24) is 10.2 Å². The van der Waals surface area contributed by atoms with Crippen molar-refractivity contribution in [1.29, 1.82) is 0 Å². The molecular weight excluding hydrogens is 280 g/mol. The Morgan fingerprint density at radius 1 is 1.35 bits per heavy atom. The van der Waals surface area contributed by atoms with E-state index >= 15 is 0 Å². The number of carbonyl (C=O) groups is 2. The van der Waals surface area contributed by atoms with Crippen molar-refractivity contribution in [3.05, 3.63) is 45.7 Å². The van der Waals surface area contributed by atoms with Gasteiger partial charge in [-0.25, -0.2) is 0 Å². The minimum atomic E-state index is -0.616. The standard InChI is InChI=1S/C13H13ClN4O2/c1-6-11(7(2)18-17-6)13(20)16-8-3-4-9(12(15)19)10(14)5-8/h3-5H,1-2H3,(H2,15,19)(H,16,20)(H,17,18). The number of primary amides is 1. The van der Waals surface area contributed by atoms with Crippen LogP contribution in [0.4, 0.5) is 5.69 Å². The lowest BCUT2D eigenvalue weighted by atomic mass is 10.1. The van der Waals surface area contributed by atoms with Gasteiger partial charge in [-0.15, -0.1) is 0 Å². The Morgan fingerprint density at radius 3 is 2.55 bits per heavy atom. The first-order valence-corrected chi connectivity index (χ1v) is 6.20. The molecule has 104 valence electrons. The van der Waals surface area contributed by atoms with Gasteiger partial charge in [-0.05, 0) is 32.0 Å². The third-order valence-electron chi connectivity index (χ3n) is 2.85. The summed E-state index contributed by atoms with van der Waals surface area (Å²) in [4.78, 5) is 23.2. The molecule has 0 aliphatic rings. The molecule has 0 spiro atoms. The molecule has 2 aromatic rings. The van der Waals surface area contributed by atoms with Gasteiger partial charge >= 0.3 is 0 Å². The van der Waals surface area contributed by atoms with Crippen molar-refractivity contribution in [2.24, 2.45) is 5.73 Å². The summed E-state index contributed by atoms with van der Waals surface area (Å²) in [5.41, 5.74) is 7.62. The first-order chi connectivity index (χ1) is 9.40. The summed E-state index contributed by atoms with van der Waals surface area (Å²) in [6, 6.07) is 4.51. The van der Waals surface area contributed by atoms with Gasteiger partial charge < -0.3 is 11.1 Å². The van der Waals surface area contributed by atoms with E-state index in [0.717, 1.165) is 0 Å². The van der Waals surface area contributed by atoms with Gasteiger partial charge in [0.15, 0.2) is 0 Å². The lowest BCUT2D eigenvalue weighted by Crippen LogP contribution is -2.15. The highest BCUT2D eigenvalue weighted by Crippen LogP contribution is 2.21. The number of halogens is 1. The van der Waals surface area contributed by atoms with Crippen LogP contribution in [0.5, 0.6) is 0 Å². The van der Waals surface area contributed by atoms with Gasteiger partial charge in [-0.2, -0.15) is 5.10 Å². The number of nitrogens with two attached hydrogens (primary N) is 1. The Balaban J connectivity index is 2.25. The van der Waals surface area contributed by atoms with E-state index in [1.807, 2.05) is 0 Å².